The molecule has 9 aromatic carbocycles. The second-order valence-electron chi connectivity index (χ2n) is 18.0. The monoisotopic (exact) mass is 767 g/mol. The van der Waals surface area contributed by atoms with Gasteiger partial charge in [-0.15, -0.1) is 0 Å². The van der Waals surface area contributed by atoms with Gasteiger partial charge in [-0.1, -0.05) is 198 Å². The first-order valence-electron chi connectivity index (χ1n) is 21.4. The summed E-state index contributed by atoms with van der Waals surface area (Å²) in [5.41, 5.74) is 20.8. The normalized spacial score (nSPS) is 14.4. The van der Waals surface area contributed by atoms with Gasteiger partial charge in [0.25, 0.3) is 0 Å². The third-order valence-corrected chi connectivity index (χ3v) is 14.1. The lowest BCUT2D eigenvalue weighted by Gasteiger charge is -2.29. The van der Waals surface area contributed by atoms with Gasteiger partial charge in [0, 0.05) is 33.2 Å². The number of rotatable bonds is 5. The van der Waals surface area contributed by atoms with Crippen molar-refractivity contribution >= 4 is 32.6 Å². The van der Waals surface area contributed by atoms with Gasteiger partial charge in [0.15, 0.2) is 0 Å². The summed E-state index contributed by atoms with van der Waals surface area (Å²) in [6, 6.07) is 73.2. The maximum absolute atomic E-state index is 2.54. The molecule has 0 fully saturated rings. The molecule has 0 amide bonds. The molecule has 286 valence electrons. The molecule has 1 heterocycles. The summed E-state index contributed by atoms with van der Waals surface area (Å²) in [5, 5.41) is 5.06. The Kier molecular flexibility index (Phi) is 7.45. The zero-order valence-corrected chi connectivity index (χ0v) is 34.5. The molecule has 10 aromatic rings. The molecule has 1 nitrogen and oxygen atoms in total. The number of para-hydroxylation sites is 2. The lowest BCUT2D eigenvalue weighted by Crippen LogP contribution is -2.16. The van der Waals surface area contributed by atoms with Crippen LogP contribution in [0.5, 0.6) is 0 Å². The van der Waals surface area contributed by atoms with Crippen LogP contribution in [0.15, 0.2) is 194 Å². The molecule has 0 atom stereocenters. The highest BCUT2D eigenvalue weighted by Crippen LogP contribution is 2.57. The van der Waals surface area contributed by atoms with E-state index in [2.05, 4.69) is 226 Å². The van der Waals surface area contributed by atoms with Crippen molar-refractivity contribution in [2.45, 2.75) is 44.4 Å². The molecule has 0 saturated heterocycles. The summed E-state index contributed by atoms with van der Waals surface area (Å²) < 4.78 is 2.51. The average molecular weight is 768 g/mol. The molecule has 0 aliphatic heterocycles. The van der Waals surface area contributed by atoms with E-state index in [4.69, 9.17) is 0 Å². The van der Waals surface area contributed by atoms with Crippen molar-refractivity contribution in [3.05, 3.63) is 233 Å². The summed E-state index contributed by atoms with van der Waals surface area (Å²) in [7, 11) is 0. The number of nitrogens with zero attached hydrogens (tertiary/aromatic N) is 1. The zero-order valence-electron chi connectivity index (χ0n) is 34.5. The van der Waals surface area contributed by atoms with Crippen LogP contribution in [0, 0.1) is 0 Å². The molecule has 1 heteroatoms. The Morgan fingerprint density at radius 2 is 0.800 bits per heavy atom. The van der Waals surface area contributed by atoms with Crippen molar-refractivity contribution in [3.63, 3.8) is 0 Å². The standard InChI is InChI=1S/C59H45N/c1-58(2)49-29-12-8-23-43(49)56-45(27-17-31-51(56)58)55(46-28-18-32-52-57(46)44-24-9-13-30-50(44)59(52,3)4)48-36-38(35-47-39(25-16-26-40(47)48)37-19-6-5-7-20-37)60-53-33-14-10-21-41(53)42-22-11-15-34-54(42)60/h5-36,55H,1-4H3. The first-order valence-corrected chi connectivity index (χ1v) is 21.4. The van der Waals surface area contributed by atoms with Crippen molar-refractivity contribution in [2.75, 3.05) is 0 Å². The van der Waals surface area contributed by atoms with E-state index < -0.39 is 0 Å². The minimum Gasteiger partial charge on any atom is -0.309 e. The van der Waals surface area contributed by atoms with E-state index in [-0.39, 0.29) is 16.7 Å². The van der Waals surface area contributed by atoms with Crippen LogP contribution in [-0.4, -0.2) is 4.57 Å². The average Bonchev–Trinajstić information content (AvgIpc) is 3.84. The van der Waals surface area contributed by atoms with E-state index >= 15 is 0 Å². The highest BCUT2D eigenvalue weighted by atomic mass is 15.0. The van der Waals surface area contributed by atoms with Gasteiger partial charge in [-0.2, -0.15) is 0 Å². The topological polar surface area (TPSA) is 4.93 Å². The van der Waals surface area contributed by atoms with Gasteiger partial charge >= 0.3 is 0 Å². The summed E-state index contributed by atoms with van der Waals surface area (Å²) >= 11 is 0. The Balaban J connectivity index is 1.26. The van der Waals surface area contributed by atoms with Crippen molar-refractivity contribution in [1.29, 1.82) is 0 Å². The number of benzene rings is 9. The zero-order chi connectivity index (χ0) is 40.3. The van der Waals surface area contributed by atoms with Crippen LogP contribution >= 0.6 is 0 Å². The van der Waals surface area contributed by atoms with Gasteiger partial charge in [-0.3, -0.25) is 0 Å². The minimum atomic E-state index is -0.132. The van der Waals surface area contributed by atoms with E-state index in [0.717, 1.165) is 0 Å². The Labute approximate surface area is 352 Å². The van der Waals surface area contributed by atoms with Gasteiger partial charge < -0.3 is 4.57 Å². The molecule has 0 radical (unpaired) electrons. The lowest BCUT2D eigenvalue weighted by molar-refractivity contribution is 0.659. The van der Waals surface area contributed by atoms with E-state index in [1.807, 2.05) is 0 Å². The van der Waals surface area contributed by atoms with Crippen molar-refractivity contribution in [2.24, 2.45) is 0 Å². The molecule has 0 bridgehead atoms. The van der Waals surface area contributed by atoms with Gasteiger partial charge in [-0.25, -0.2) is 0 Å². The van der Waals surface area contributed by atoms with Crippen LogP contribution in [0.25, 0.3) is 71.6 Å². The maximum atomic E-state index is 2.54. The highest BCUT2D eigenvalue weighted by Gasteiger charge is 2.41. The highest BCUT2D eigenvalue weighted by molar-refractivity contribution is 6.10. The fraction of sp³-hybridized carbons (Fsp3) is 0.119. The molecular formula is C59H45N. The number of aromatic nitrogens is 1. The van der Waals surface area contributed by atoms with Gasteiger partial charge in [0.05, 0.1) is 11.0 Å². The Morgan fingerprint density at radius 1 is 0.350 bits per heavy atom. The smallest absolute Gasteiger partial charge is 0.0541 e. The van der Waals surface area contributed by atoms with Gasteiger partial charge in [0.1, 0.15) is 0 Å². The minimum absolute atomic E-state index is 0.0969. The van der Waals surface area contributed by atoms with Gasteiger partial charge in [-0.05, 0) is 107 Å². The molecule has 12 rings (SSSR count). The molecule has 0 spiro atoms. The third-order valence-electron chi connectivity index (χ3n) is 14.1. The van der Waals surface area contributed by atoms with Gasteiger partial charge in [0.2, 0.25) is 0 Å². The lowest BCUT2D eigenvalue weighted by atomic mass is 9.75. The Bertz CT molecular complexity index is 3220. The molecule has 2 aliphatic rings. The van der Waals surface area contributed by atoms with Crippen LogP contribution in [-0.2, 0) is 10.8 Å². The van der Waals surface area contributed by atoms with Crippen molar-refractivity contribution in [1.82, 2.24) is 4.57 Å². The first kappa shape index (κ1) is 35.0. The molecule has 0 N–H and O–H groups in total. The second-order valence-corrected chi connectivity index (χ2v) is 18.0. The number of hydrogen-bond donors (Lipinski definition) is 0. The predicted molar refractivity (Wildman–Crippen MR) is 253 cm³/mol. The largest absolute Gasteiger partial charge is 0.309 e. The van der Waals surface area contributed by atoms with Crippen molar-refractivity contribution < 1.29 is 0 Å². The molecular weight excluding hydrogens is 723 g/mol. The summed E-state index contributed by atoms with van der Waals surface area (Å²) in [6.07, 6.45) is 0. The maximum Gasteiger partial charge on any atom is 0.0541 e. The van der Waals surface area contributed by atoms with Crippen LogP contribution < -0.4 is 0 Å². The molecule has 60 heavy (non-hydrogen) atoms. The van der Waals surface area contributed by atoms with Crippen molar-refractivity contribution in [3.8, 4) is 39.1 Å². The summed E-state index contributed by atoms with van der Waals surface area (Å²) in [6.45, 7) is 9.61. The fourth-order valence-electron chi connectivity index (χ4n) is 11.4. The second kappa shape index (κ2) is 12.8. The SMILES string of the molecule is CC1(C)c2ccccc2-c2c(C(c3cccc4c3-c3ccccc3C4(C)C)c3cc(-n4c5ccccc5c5ccccc54)cc4c(-c5ccccc5)cccc34)cccc21. The third kappa shape index (κ3) is 4.81. The van der Waals surface area contributed by atoms with Crippen LogP contribution in [0.3, 0.4) is 0 Å². The van der Waals surface area contributed by atoms with Crippen LogP contribution in [0.1, 0.15) is 72.6 Å². The fourth-order valence-corrected chi connectivity index (χ4v) is 11.4. The first-order chi connectivity index (χ1) is 29.3. The molecule has 1 aromatic heterocycles. The van der Waals surface area contributed by atoms with Crippen LogP contribution in [0.4, 0.5) is 0 Å². The molecule has 2 aliphatic carbocycles. The Morgan fingerprint density at radius 3 is 1.38 bits per heavy atom. The quantitative estimate of drug-likeness (QED) is 0.154. The van der Waals surface area contributed by atoms with E-state index in [1.165, 1.54) is 111 Å². The van der Waals surface area contributed by atoms with E-state index in [0.29, 0.717) is 0 Å². The molecule has 0 unspecified atom stereocenters. The number of fused-ring (bicyclic) bond motifs is 10. The van der Waals surface area contributed by atoms with Crippen LogP contribution in [0.2, 0.25) is 0 Å². The number of hydrogen-bond acceptors (Lipinski definition) is 0. The summed E-state index contributed by atoms with van der Waals surface area (Å²) in [5.74, 6) is -0.0969. The predicted octanol–water partition coefficient (Wildman–Crippen LogP) is 15.4. The molecule has 0 saturated carbocycles. The Hall–Kier alpha value is -6.96. The summed E-state index contributed by atoms with van der Waals surface area (Å²) in [4.78, 5) is 0. The van der Waals surface area contributed by atoms with E-state index in [1.54, 1.807) is 0 Å². The van der Waals surface area contributed by atoms with E-state index in [9.17, 15) is 0 Å².